The van der Waals surface area contributed by atoms with E-state index in [0.29, 0.717) is 6.54 Å². The summed E-state index contributed by atoms with van der Waals surface area (Å²) in [5.74, 6) is 2.11. The normalized spacial score (nSPS) is 16.0. The third kappa shape index (κ3) is 4.15. The van der Waals surface area contributed by atoms with Gasteiger partial charge >= 0.3 is 6.03 Å². The fourth-order valence-corrected chi connectivity index (χ4v) is 4.93. The van der Waals surface area contributed by atoms with E-state index in [0.717, 1.165) is 58.1 Å². The molecular formula is C22H24ClN3OS. The summed E-state index contributed by atoms with van der Waals surface area (Å²) < 4.78 is 0. The molecule has 2 aromatic carbocycles. The third-order valence-corrected chi connectivity index (χ3v) is 6.64. The quantitative estimate of drug-likeness (QED) is 0.625. The maximum absolute atomic E-state index is 12.8. The molecule has 146 valence electrons. The van der Waals surface area contributed by atoms with Crippen molar-refractivity contribution >= 4 is 40.3 Å². The Hall–Kier alpha value is -2.11. The Kier molecular flexibility index (Phi) is 6.13. The van der Waals surface area contributed by atoms with Crippen molar-refractivity contribution in [1.29, 1.82) is 0 Å². The van der Waals surface area contributed by atoms with E-state index in [4.69, 9.17) is 11.6 Å². The van der Waals surface area contributed by atoms with Crippen molar-refractivity contribution in [3.8, 4) is 0 Å². The largest absolute Gasteiger partial charge is 0.361 e. The van der Waals surface area contributed by atoms with Crippen molar-refractivity contribution in [3.05, 3.63) is 70.9 Å². The van der Waals surface area contributed by atoms with Crippen LogP contribution in [0.3, 0.4) is 0 Å². The van der Waals surface area contributed by atoms with E-state index in [2.05, 4.69) is 22.4 Å². The topological polar surface area (TPSA) is 48.1 Å². The van der Waals surface area contributed by atoms with Crippen LogP contribution in [0, 0.1) is 0 Å². The summed E-state index contributed by atoms with van der Waals surface area (Å²) >= 11 is 8.45. The standard InChI is InChI=1S/C22H24ClN3OS/c23-20-8-3-1-6-16(20)18(19-14-24-21-9-4-2-7-17(19)21)15-25-22(27)26-10-5-12-28-13-11-26/h1-4,6-9,14,18,24H,5,10-13,15H2,(H,25,27)/t18-/m1/s1. The molecule has 0 spiro atoms. The molecule has 6 heteroatoms. The van der Waals surface area contributed by atoms with Crippen LogP contribution < -0.4 is 5.32 Å². The van der Waals surface area contributed by atoms with Crippen LogP contribution in [0.25, 0.3) is 10.9 Å². The number of para-hydroxylation sites is 1. The number of carbonyl (C=O) groups is 1. The molecule has 1 saturated heterocycles. The molecule has 0 bridgehead atoms. The first kappa shape index (κ1) is 19.2. The molecule has 0 radical (unpaired) electrons. The van der Waals surface area contributed by atoms with E-state index >= 15 is 0 Å². The Morgan fingerprint density at radius 2 is 1.93 bits per heavy atom. The average Bonchev–Trinajstić information content (AvgIpc) is 2.95. The van der Waals surface area contributed by atoms with Gasteiger partial charge in [0.25, 0.3) is 0 Å². The molecule has 1 fully saturated rings. The Labute approximate surface area is 174 Å². The number of rotatable bonds is 4. The summed E-state index contributed by atoms with van der Waals surface area (Å²) in [6, 6.07) is 16.1. The first-order chi connectivity index (χ1) is 13.7. The molecule has 1 atom stereocenters. The number of benzene rings is 2. The van der Waals surface area contributed by atoms with Crippen LogP contribution in [0.1, 0.15) is 23.5 Å². The number of halogens is 1. The number of urea groups is 1. The van der Waals surface area contributed by atoms with E-state index < -0.39 is 0 Å². The second kappa shape index (κ2) is 8.93. The predicted octanol–water partition coefficient (Wildman–Crippen LogP) is 5.10. The number of thioether (sulfide) groups is 1. The van der Waals surface area contributed by atoms with Gasteiger partial charge in [0.2, 0.25) is 0 Å². The molecule has 0 saturated carbocycles. The van der Waals surface area contributed by atoms with Gasteiger partial charge < -0.3 is 15.2 Å². The molecule has 2 heterocycles. The van der Waals surface area contributed by atoms with Crippen molar-refractivity contribution in [1.82, 2.24) is 15.2 Å². The summed E-state index contributed by atoms with van der Waals surface area (Å²) in [5, 5.41) is 5.04. The number of carbonyl (C=O) groups excluding carboxylic acids is 1. The number of aromatic amines is 1. The van der Waals surface area contributed by atoms with Crippen LogP contribution in [-0.2, 0) is 0 Å². The smallest absolute Gasteiger partial charge is 0.317 e. The highest BCUT2D eigenvalue weighted by atomic mass is 35.5. The zero-order chi connectivity index (χ0) is 19.3. The van der Waals surface area contributed by atoms with Gasteiger partial charge in [-0.3, -0.25) is 0 Å². The Morgan fingerprint density at radius 3 is 2.82 bits per heavy atom. The number of hydrogen-bond donors (Lipinski definition) is 2. The van der Waals surface area contributed by atoms with Gasteiger partial charge in [0.1, 0.15) is 0 Å². The lowest BCUT2D eigenvalue weighted by Crippen LogP contribution is -2.42. The molecule has 2 N–H and O–H groups in total. The van der Waals surface area contributed by atoms with Gasteiger partial charge in [-0.05, 0) is 35.4 Å². The zero-order valence-electron chi connectivity index (χ0n) is 15.7. The first-order valence-electron chi connectivity index (χ1n) is 9.65. The van der Waals surface area contributed by atoms with Gasteiger partial charge in [0, 0.05) is 53.4 Å². The fraction of sp³-hybridized carbons (Fsp3) is 0.318. The minimum atomic E-state index is -0.0184. The molecular weight excluding hydrogens is 390 g/mol. The monoisotopic (exact) mass is 413 g/mol. The van der Waals surface area contributed by atoms with Crippen molar-refractivity contribution in [2.24, 2.45) is 0 Å². The molecule has 0 aliphatic carbocycles. The zero-order valence-corrected chi connectivity index (χ0v) is 17.2. The van der Waals surface area contributed by atoms with Crippen LogP contribution >= 0.6 is 23.4 Å². The van der Waals surface area contributed by atoms with Crippen LogP contribution in [0.4, 0.5) is 4.79 Å². The van der Waals surface area contributed by atoms with Gasteiger partial charge in [0.05, 0.1) is 0 Å². The Morgan fingerprint density at radius 1 is 1.11 bits per heavy atom. The minimum absolute atomic E-state index is 0.0133. The van der Waals surface area contributed by atoms with E-state index in [1.807, 2.05) is 59.3 Å². The SMILES string of the molecule is O=C(NC[C@H](c1ccccc1Cl)c1c[nH]c2ccccc12)N1CCCSCC1. The van der Waals surface area contributed by atoms with Crippen LogP contribution in [-0.4, -0.2) is 47.1 Å². The second-order valence-corrected chi connectivity index (χ2v) is 8.63. The van der Waals surface area contributed by atoms with E-state index in [1.165, 1.54) is 0 Å². The predicted molar refractivity (Wildman–Crippen MR) is 119 cm³/mol. The maximum Gasteiger partial charge on any atom is 0.317 e. The van der Waals surface area contributed by atoms with Crippen molar-refractivity contribution in [3.63, 3.8) is 0 Å². The lowest BCUT2D eigenvalue weighted by Gasteiger charge is -2.24. The van der Waals surface area contributed by atoms with Crippen LogP contribution in [0.5, 0.6) is 0 Å². The van der Waals surface area contributed by atoms with E-state index in [9.17, 15) is 4.79 Å². The highest BCUT2D eigenvalue weighted by Crippen LogP contribution is 2.34. The minimum Gasteiger partial charge on any atom is -0.361 e. The van der Waals surface area contributed by atoms with Crippen molar-refractivity contribution < 1.29 is 4.79 Å². The van der Waals surface area contributed by atoms with Crippen LogP contribution in [0.2, 0.25) is 5.02 Å². The van der Waals surface area contributed by atoms with Gasteiger partial charge in [-0.15, -0.1) is 0 Å². The molecule has 4 rings (SSSR count). The lowest BCUT2D eigenvalue weighted by molar-refractivity contribution is 0.201. The summed E-state index contributed by atoms with van der Waals surface area (Å²) in [5.41, 5.74) is 3.27. The van der Waals surface area contributed by atoms with E-state index in [-0.39, 0.29) is 11.9 Å². The number of aromatic nitrogens is 1. The summed E-state index contributed by atoms with van der Waals surface area (Å²) in [4.78, 5) is 18.0. The molecule has 0 unspecified atom stereocenters. The lowest BCUT2D eigenvalue weighted by atomic mass is 9.91. The Balaban J connectivity index is 1.60. The van der Waals surface area contributed by atoms with E-state index in [1.54, 1.807) is 0 Å². The fourth-order valence-electron chi connectivity index (χ4n) is 3.78. The summed E-state index contributed by atoms with van der Waals surface area (Å²) in [6.07, 6.45) is 3.09. The molecule has 28 heavy (non-hydrogen) atoms. The number of H-pyrrole nitrogens is 1. The first-order valence-corrected chi connectivity index (χ1v) is 11.2. The highest BCUT2D eigenvalue weighted by molar-refractivity contribution is 7.99. The molecule has 1 aromatic heterocycles. The van der Waals surface area contributed by atoms with Gasteiger partial charge in [-0.1, -0.05) is 48.0 Å². The maximum atomic E-state index is 12.8. The number of nitrogens with zero attached hydrogens (tertiary/aromatic N) is 1. The second-order valence-electron chi connectivity index (χ2n) is 7.00. The van der Waals surface area contributed by atoms with Crippen molar-refractivity contribution in [2.45, 2.75) is 12.3 Å². The summed E-state index contributed by atoms with van der Waals surface area (Å²) in [6.45, 7) is 2.14. The molecule has 1 aliphatic heterocycles. The average molecular weight is 414 g/mol. The van der Waals surface area contributed by atoms with Crippen LogP contribution in [0.15, 0.2) is 54.7 Å². The molecule has 2 amide bonds. The molecule has 4 nitrogen and oxygen atoms in total. The highest BCUT2D eigenvalue weighted by Gasteiger charge is 2.23. The Bertz CT molecular complexity index is 950. The van der Waals surface area contributed by atoms with Gasteiger partial charge in [-0.25, -0.2) is 4.79 Å². The van der Waals surface area contributed by atoms with Gasteiger partial charge in [0.15, 0.2) is 0 Å². The number of hydrogen-bond acceptors (Lipinski definition) is 2. The number of fused-ring (bicyclic) bond motifs is 1. The molecule has 1 aliphatic rings. The summed E-state index contributed by atoms with van der Waals surface area (Å²) in [7, 11) is 0. The third-order valence-electron chi connectivity index (χ3n) is 5.24. The molecule has 3 aromatic rings. The number of nitrogens with one attached hydrogen (secondary N) is 2. The van der Waals surface area contributed by atoms with Gasteiger partial charge in [-0.2, -0.15) is 11.8 Å². The number of amides is 2. The van der Waals surface area contributed by atoms with Crippen molar-refractivity contribution in [2.75, 3.05) is 31.1 Å².